The van der Waals surface area contributed by atoms with Gasteiger partial charge < -0.3 is 14.5 Å². The molecule has 1 saturated heterocycles. The highest BCUT2D eigenvalue weighted by Gasteiger charge is 2.39. The molecule has 1 aromatic heterocycles. The van der Waals surface area contributed by atoms with E-state index in [0.717, 1.165) is 26.2 Å². The molecule has 3 aliphatic rings. The van der Waals surface area contributed by atoms with E-state index < -0.39 is 0 Å². The lowest BCUT2D eigenvalue weighted by atomic mass is 10.2. The Labute approximate surface area is 94.1 Å². The highest BCUT2D eigenvalue weighted by Crippen LogP contribution is 2.39. The number of hydrogen-bond donors (Lipinski definition) is 0. The Morgan fingerprint density at radius 1 is 1.44 bits per heavy atom. The molecule has 0 N–H and O–H groups in total. The lowest BCUT2D eigenvalue weighted by molar-refractivity contribution is 0.0648. The van der Waals surface area contributed by atoms with Crippen molar-refractivity contribution in [2.45, 2.75) is 12.6 Å². The molecule has 1 fully saturated rings. The molecule has 1 atom stereocenters. The van der Waals surface area contributed by atoms with Crippen LogP contribution in [0.5, 0.6) is 0 Å². The zero-order valence-corrected chi connectivity index (χ0v) is 8.97. The molecule has 0 spiro atoms. The van der Waals surface area contributed by atoms with E-state index >= 15 is 0 Å². The summed E-state index contributed by atoms with van der Waals surface area (Å²) < 4.78 is 5.49. The van der Waals surface area contributed by atoms with E-state index in [0.29, 0.717) is 6.17 Å². The van der Waals surface area contributed by atoms with E-state index in [2.05, 4.69) is 27.1 Å². The van der Waals surface area contributed by atoms with Gasteiger partial charge in [-0.2, -0.15) is 0 Å². The average molecular weight is 215 g/mol. The highest BCUT2D eigenvalue weighted by atomic mass is 16.5. The van der Waals surface area contributed by atoms with Gasteiger partial charge in [-0.15, -0.1) is 0 Å². The summed E-state index contributed by atoms with van der Waals surface area (Å²) in [7, 11) is 0. The zero-order valence-electron chi connectivity index (χ0n) is 8.97. The van der Waals surface area contributed by atoms with Crippen LogP contribution in [0.25, 0.3) is 0 Å². The normalized spacial score (nSPS) is 26.2. The molecule has 0 radical (unpaired) electrons. The van der Waals surface area contributed by atoms with Gasteiger partial charge in [0, 0.05) is 37.2 Å². The van der Waals surface area contributed by atoms with Gasteiger partial charge in [0.15, 0.2) is 0 Å². The first kappa shape index (κ1) is 8.58. The molecule has 0 aromatic carbocycles. The summed E-state index contributed by atoms with van der Waals surface area (Å²) in [5.74, 6) is 0. The number of aromatic nitrogens is 1. The summed E-state index contributed by atoms with van der Waals surface area (Å²) in [6.07, 6.45) is 7.63. The van der Waals surface area contributed by atoms with Crippen molar-refractivity contribution < 1.29 is 4.74 Å². The standard InChI is InChI=1S/C12H13N3O/c1-2-13-6-9-5-12-14-3-4-16-8-10(14)7-15(12)11(1)9/h1-2,6-7,12H,3-5,8H2. The lowest BCUT2D eigenvalue weighted by Crippen LogP contribution is -2.42. The van der Waals surface area contributed by atoms with E-state index in [1.165, 1.54) is 16.9 Å². The molecule has 0 bridgehead atoms. The maximum absolute atomic E-state index is 5.49. The molecule has 4 rings (SSSR count). The SMILES string of the molecule is C1=C2COCCN2C2Cc3cnccc3N12. The molecule has 4 nitrogen and oxygen atoms in total. The molecule has 16 heavy (non-hydrogen) atoms. The van der Waals surface area contributed by atoms with Gasteiger partial charge >= 0.3 is 0 Å². The Morgan fingerprint density at radius 3 is 3.44 bits per heavy atom. The third-order valence-corrected chi connectivity index (χ3v) is 3.62. The molecule has 1 unspecified atom stereocenters. The molecule has 3 aliphatic heterocycles. The molecular weight excluding hydrogens is 202 g/mol. The first-order chi connectivity index (χ1) is 7.93. The molecular formula is C12H13N3O. The summed E-state index contributed by atoms with van der Waals surface area (Å²) in [5, 5.41) is 0. The van der Waals surface area contributed by atoms with Crippen LogP contribution in [0.3, 0.4) is 0 Å². The van der Waals surface area contributed by atoms with E-state index in [9.17, 15) is 0 Å². The largest absolute Gasteiger partial charge is 0.373 e. The molecule has 0 aliphatic carbocycles. The van der Waals surface area contributed by atoms with Gasteiger partial charge in [-0.1, -0.05) is 0 Å². The maximum Gasteiger partial charge on any atom is 0.110 e. The fraction of sp³-hybridized carbons (Fsp3) is 0.417. The van der Waals surface area contributed by atoms with Crippen LogP contribution in [0.4, 0.5) is 5.69 Å². The Bertz CT molecular complexity index is 471. The van der Waals surface area contributed by atoms with Crippen molar-refractivity contribution in [3.05, 3.63) is 35.9 Å². The number of nitrogens with zero attached hydrogens (tertiary/aromatic N) is 3. The number of anilines is 1. The highest BCUT2D eigenvalue weighted by molar-refractivity contribution is 5.62. The Hall–Kier alpha value is -1.55. The molecule has 4 heterocycles. The van der Waals surface area contributed by atoms with E-state index in [4.69, 9.17) is 4.74 Å². The molecule has 0 saturated carbocycles. The van der Waals surface area contributed by atoms with Gasteiger partial charge in [0.05, 0.1) is 18.9 Å². The van der Waals surface area contributed by atoms with Gasteiger partial charge in [0.25, 0.3) is 0 Å². The number of fused-ring (bicyclic) bond motifs is 5. The Morgan fingerprint density at radius 2 is 2.44 bits per heavy atom. The summed E-state index contributed by atoms with van der Waals surface area (Å²) >= 11 is 0. The van der Waals surface area contributed by atoms with Crippen molar-refractivity contribution in [3.63, 3.8) is 0 Å². The molecule has 0 amide bonds. The average Bonchev–Trinajstić information content (AvgIpc) is 2.85. The van der Waals surface area contributed by atoms with Gasteiger partial charge in [-0.25, -0.2) is 0 Å². The second kappa shape index (κ2) is 2.98. The van der Waals surface area contributed by atoms with Crippen molar-refractivity contribution in [1.82, 2.24) is 9.88 Å². The van der Waals surface area contributed by atoms with Crippen molar-refractivity contribution in [2.75, 3.05) is 24.7 Å². The monoisotopic (exact) mass is 215 g/mol. The van der Waals surface area contributed by atoms with Gasteiger partial charge in [-0.05, 0) is 11.6 Å². The van der Waals surface area contributed by atoms with Crippen molar-refractivity contribution in [3.8, 4) is 0 Å². The Kier molecular flexibility index (Phi) is 1.60. The topological polar surface area (TPSA) is 28.6 Å². The molecule has 4 heteroatoms. The van der Waals surface area contributed by atoms with Gasteiger partial charge in [-0.3, -0.25) is 4.98 Å². The molecule has 82 valence electrons. The smallest absolute Gasteiger partial charge is 0.110 e. The van der Waals surface area contributed by atoms with Crippen LogP contribution in [0.1, 0.15) is 5.56 Å². The van der Waals surface area contributed by atoms with Crippen LogP contribution in [0, 0.1) is 0 Å². The van der Waals surface area contributed by atoms with Gasteiger partial charge in [0.2, 0.25) is 0 Å². The fourth-order valence-corrected chi connectivity index (χ4v) is 2.88. The minimum atomic E-state index is 0.470. The lowest BCUT2D eigenvalue weighted by Gasteiger charge is -2.32. The third kappa shape index (κ3) is 0.998. The maximum atomic E-state index is 5.49. The van der Waals surface area contributed by atoms with E-state index in [-0.39, 0.29) is 0 Å². The van der Waals surface area contributed by atoms with Crippen LogP contribution >= 0.6 is 0 Å². The zero-order chi connectivity index (χ0) is 10.5. The van der Waals surface area contributed by atoms with E-state index in [1.54, 1.807) is 0 Å². The third-order valence-electron chi connectivity index (χ3n) is 3.62. The first-order valence-electron chi connectivity index (χ1n) is 5.70. The van der Waals surface area contributed by atoms with Crippen molar-refractivity contribution >= 4 is 5.69 Å². The number of rotatable bonds is 0. The van der Waals surface area contributed by atoms with Crippen LogP contribution in [-0.4, -0.2) is 35.8 Å². The number of pyridine rings is 1. The number of ether oxygens (including phenoxy) is 1. The van der Waals surface area contributed by atoms with Crippen molar-refractivity contribution in [2.24, 2.45) is 0 Å². The van der Waals surface area contributed by atoms with Crippen LogP contribution < -0.4 is 4.90 Å². The fourth-order valence-electron chi connectivity index (χ4n) is 2.88. The summed E-state index contributed by atoms with van der Waals surface area (Å²) in [6, 6.07) is 2.10. The molecule has 1 aromatic rings. The summed E-state index contributed by atoms with van der Waals surface area (Å²) in [6.45, 7) is 2.61. The van der Waals surface area contributed by atoms with Gasteiger partial charge in [0.1, 0.15) is 6.17 Å². The second-order valence-corrected chi connectivity index (χ2v) is 4.46. The summed E-state index contributed by atoms with van der Waals surface area (Å²) in [4.78, 5) is 9.02. The number of morpholine rings is 1. The second-order valence-electron chi connectivity index (χ2n) is 4.46. The minimum Gasteiger partial charge on any atom is -0.373 e. The van der Waals surface area contributed by atoms with E-state index in [1.807, 2.05) is 12.4 Å². The predicted octanol–water partition coefficient (Wildman–Crippen LogP) is 0.957. The van der Waals surface area contributed by atoms with Crippen LogP contribution in [0.2, 0.25) is 0 Å². The minimum absolute atomic E-state index is 0.470. The van der Waals surface area contributed by atoms with Crippen LogP contribution in [0.15, 0.2) is 30.4 Å². The Balaban J connectivity index is 1.78. The van der Waals surface area contributed by atoms with Crippen molar-refractivity contribution in [1.29, 1.82) is 0 Å². The number of hydrogen-bond acceptors (Lipinski definition) is 4. The predicted molar refractivity (Wildman–Crippen MR) is 59.8 cm³/mol. The summed E-state index contributed by atoms with van der Waals surface area (Å²) in [5.41, 5.74) is 3.98. The first-order valence-corrected chi connectivity index (χ1v) is 5.70. The quantitative estimate of drug-likeness (QED) is 0.644. The van der Waals surface area contributed by atoms with Crippen LogP contribution in [-0.2, 0) is 11.2 Å².